The fraction of sp³-hybridized carbons (Fsp3) is 0.600. The molecular formula is C15H22N2O3S. The summed E-state index contributed by atoms with van der Waals surface area (Å²) >= 11 is 0. The summed E-state index contributed by atoms with van der Waals surface area (Å²) in [6.07, 6.45) is 3.13. The number of hydrogen-bond donors (Lipinski definition) is 1. The van der Waals surface area contributed by atoms with E-state index in [0.29, 0.717) is 35.8 Å². The van der Waals surface area contributed by atoms with Gasteiger partial charge >= 0.3 is 0 Å². The van der Waals surface area contributed by atoms with E-state index in [1.807, 2.05) is 6.92 Å². The molecule has 0 saturated carbocycles. The van der Waals surface area contributed by atoms with Gasteiger partial charge in [0.2, 0.25) is 10.0 Å². The van der Waals surface area contributed by atoms with Crippen LogP contribution in [-0.2, 0) is 10.0 Å². The van der Waals surface area contributed by atoms with E-state index in [1.54, 1.807) is 29.6 Å². The molecule has 0 spiro atoms. The van der Waals surface area contributed by atoms with Crippen LogP contribution in [0.4, 0.5) is 0 Å². The molecule has 0 aromatic heterocycles. The Morgan fingerprint density at radius 1 is 1.24 bits per heavy atom. The van der Waals surface area contributed by atoms with Gasteiger partial charge < -0.3 is 10.1 Å². The minimum atomic E-state index is -3.43. The predicted octanol–water partition coefficient (Wildman–Crippen LogP) is 1.52. The van der Waals surface area contributed by atoms with Crippen LogP contribution in [0.15, 0.2) is 23.1 Å². The highest BCUT2D eigenvalue weighted by Gasteiger charge is 2.35. The van der Waals surface area contributed by atoms with Crippen molar-refractivity contribution in [1.82, 2.24) is 9.62 Å². The average molecular weight is 310 g/mol. The number of nitrogens with one attached hydrogen (secondary N) is 1. The van der Waals surface area contributed by atoms with Crippen LogP contribution in [0, 0.1) is 6.92 Å². The Bertz CT molecular complexity index is 630. The molecule has 2 atom stereocenters. The molecule has 2 unspecified atom stereocenters. The van der Waals surface area contributed by atoms with Gasteiger partial charge in [0.25, 0.3) is 0 Å². The average Bonchev–Trinajstić information content (AvgIpc) is 2.77. The zero-order chi connectivity index (χ0) is 15.0. The molecule has 2 bridgehead atoms. The topological polar surface area (TPSA) is 58.6 Å². The Balaban J connectivity index is 1.89. The van der Waals surface area contributed by atoms with Crippen LogP contribution in [-0.4, -0.2) is 45.0 Å². The number of methoxy groups -OCH3 is 1. The van der Waals surface area contributed by atoms with E-state index in [9.17, 15) is 8.42 Å². The molecule has 3 rings (SSSR count). The van der Waals surface area contributed by atoms with Crippen molar-refractivity contribution in [1.29, 1.82) is 0 Å². The molecule has 0 amide bonds. The minimum Gasteiger partial charge on any atom is -0.497 e. The van der Waals surface area contributed by atoms with Crippen molar-refractivity contribution in [3.63, 3.8) is 0 Å². The summed E-state index contributed by atoms with van der Waals surface area (Å²) in [6, 6.07) is 5.91. The number of hydrogen-bond acceptors (Lipinski definition) is 4. The van der Waals surface area contributed by atoms with E-state index in [-0.39, 0.29) is 0 Å². The summed E-state index contributed by atoms with van der Waals surface area (Å²) in [6.45, 7) is 2.99. The van der Waals surface area contributed by atoms with Gasteiger partial charge in [-0.2, -0.15) is 4.31 Å². The lowest BCUT2D eigenvalue weighted by atomic mass is 10.1. The summed E-state index contributed by atoms with van der Waals surface area (Å²) in [5.41, 5.74) is 0.733. The number of sulfonamides is 1. The second kappa shape index (κ2) is 5.59. The Hall–Kier alpha value is -1.11. The number of benzene rings is 1. The molecule has 2 fully saturated rings. The lowest BCUT2D eigenvalue weighted by Crippen LogP contribution is -2.39. The minimum absolute atomic E-state index is 0.297. The van der Waals surface area contributed by atoms with Crippen LogP contribution in [0.5, 0.6) is 5.75 Å². The number of nitrogens with zero attached hydrogens (tertiary/aromatic N) is 1. The lowest BCUT2D eigenvalue weighted by Gasteiger charge is -2.24. The van der Waals surface area contributed by atoms with Crippen LogP contribution in [0.25, 0.3) is 0 Å². The zero-order valence-electron chi connectivity index (χ0n) is 12.5. The number of aryl methyl sites for hydroxylation is 1. The first-order valence-corrected chi connectivity index (χ1v) is 8.85. The van der Waals surface area contributed by atoms with E-state index in [1.165, 1.54) is 6.42 Å². The summed E-state index contributed by atoms with van der Waals surface area (Å²) in [7, 11) is -1.84. The Morgan fingerprint density at radius 2 is 2.00 bits per heavy atom. The van der Waals surface area contributed by atoms with Crippen molar-refractivity contribution in [3.8, 4) is 5.75 Å². The van der Waals surface area contributed by atoms with Crippen LogP contribution in [0.2, 0.25) is 0 Å². The molecule has 2 aliphatic rings. The maximum Gasteiger partial charge on any atom is 0.243 e. The van der Waals surface area contributed by atoms with Crippen molar-refractivity contribution in [2.24, 2.45) is 0 Å². The highest BCUT2D eigenvalue weighted by molar-refractivity contribution is 7.89. The smallest absolute Gasteiger partial charge is 0.243 e. The monoisotopic (exact) mass is 310 g/mol. The first-order valence-electron chi connectivity index (χ1n) is 7.41. The van der Waals surface area contributed by atoms with Gasteiger partial charge in [0.15, 0.2) is 0 Å². The molecule has 2 heterocycles. The fourth-order valence-electron chi connectivity index (χ4n) is 3.31. The van der Waals surface area contributed by atoms with Crippen LogP contribution >= 0.6 is 0 Å². The maximum absolute atomic E-state index is 12.9. The third-order valence-electron chi connectivity index (χ3n) is 4.49. The van der Waals surface area contributed by atoms with Gasteiger partial charge in [-0.3, -0.25) is 0 Å². The Kier molecular flexibility index (Phi) is 3.94. The molecule has 5 nitrogen and oxygen atoms in total. The van der Waals surface area contributed by atoms with Gasteiger partial charge in [-0.25, -0.2) is 8.42 Å². The van der Waals surface area contributed by atoms with Crippen molar-refractivity contribution >= 4 is 10.0 Å². The first kappa shape index (κ1) is 14.8. The molecule has 6 heteroatoms. The number of fused-ring (bicyclic) bond motifs is 2. The quantitative estimate of drug-likeness (QED) is 0.919. The van der Waals surface area contributed by atoms with E-state index in [4.69, 9.17) is 4.74 Å². The van der Waals surface area contributed by atoms with Crippen LogP contribution < -0.4 is 10.1 Å². The van der Waals surface area contributed by atoms with E-state index >= 15 is 0 Å². The standard InChI is InChI=1S/C15H22N2O3S/c1-11-9-14(20-2)5-6-15(11)21(18,19)17-8-7-12-3-4-13(10-17)16-12/h5-6,9,12-13,16H,3-4,7-8,10H2,1-2H3. The molecular weight excluding hydrogens is 288 g/mol. The predicted molar refractivity (Wildman–Crippen MR) is 81.1 cm³/mol. The normalized spacial score (nSPS) is 26.6. The number of rotatable bonds is 3. The largest absolute Gasteiger partial charge is 0.497 e. The Morgan fingerprint density at radius 3 is 2.71 bits per heavy atom. The zero-order valence-corrected chi connectivity index (χ0v) is 13.3. The third-order valence-corrected chi connectivity index (χ3v) is 6.51. The molecule has 21 heavy (non-hydrogen) atoms. The third kappa shape index (κ3) is 2.80. The first-order chi connectivity index (χ1) is 10.0. The highest BCUT2D eigenvalue weighted by Crippen LogP contribution is 2.28. The summed E-state index contributed by atoms with van der Waals surface area (Å²) in [5.74, 6) is 0.683. The van der Waals surface area contributed by atoms with E-state index in [2.05, 4.69) is 5.32 Å². The van der Waals surface area contributed by atoms with Gasteiger partial charge in [-0.1, -0.05) is 0 Å². The Labute approximate surface area is 126 Å². The molecule has 0 radical (unpaired) electrons. The van der Waals surface area contributed by atoms with Gasteiger partial charge in [0.1, 0.15) is 5.75 Å². The number of ether oxygens (including phenoxy) is 1. The molecule has 0 aliphatic carbocycles. The van der Waals surface area contributed by atoms with Crippen LogP contribution in [0.3, 0.4) is 0 Å². The highest BCUT2D eigenvalue weighted by atomic mass is 32.2. The van der Waals surface area contributed by atoms with Gasteiger partial charge in [-0.05, 0) is 49.9 Å². The molecule has 1 aromatic rings. The molecule has 1 N–H and O–H groups in total. The van der Waals surface area contributed by atoms with Gasteiger partial charge in [0, 0.05) is 25.2 Å². The van der Waals surface area contributed by atoms with Crippen molar-refractivity contribution in [2.45, 2.75) is 43.2 Å². The summed E-state index contributed by atoms with van der Waals surface area (Å²) < 4.78 is 32.6. The van der Waals surface area contributed by atoms with Gasteiger partial charge in [0.05, 0.1) is 12.0 Å². The SMILES string of the molecule is COc1ccc(S(=O)(=O)N2CCC3CCC(C2)N3)c(C)c1. The lowest BCUT2D eigenvalue weighted by molar-refractivity contribution is 0.383. The molecule has 2 aliphatic heterocycles. The van der Waals surface area contributed by atoms with Crippen molar-refractivity contribution in [2.75, 3.05) is 20.2 Å². The van der Waals surface area contributed by atoms with E-state index < -0.39 is 10.0 Å². The van der Waals surface area contributed by atoms with Gasteiger partial charge in [-0.15, -0.1) is 0 Å². The molecule has 116 valence electrons. The summed E-state index contributed by atoms with van der Waals surface area (Å²) in [5, 5.41) is 3.51. The molecule has 2 saturated heterocycles. The van der Waals surface area contributed by atoms with Crippen LogP contribution in [0.1, 0.15) is 24.8 Å². The van der Waals surface area contributed by atoms with Crippen molar-refractivity contribution in [3.05, 3.63) is 23.8 Å². The second-order valence-electron chi connectivity index (χ2n) is 5.92. The molecule has 1 aromatic carbocycles. The maximum atomic E-state index is 12.9. The summed E-state index contributed by atoms with van der Waals surface area (Å²) in [4.78, 5) is 0.390. The van der Waals surface area contributed by atoms with Crippen molar-refractivity contribution < 1.29 is 13.2 Å². The van der Waals surface area contributed by atoms with E-state index in [0.717, 1.165) is 18.4 Å². The second-order valence-corrected chi connectivity index (χ2v) is 7.83. The fourth-order valence-corrected chi connectivity index (χ4v) is 5.01.